The predicted octanol–water partition coefficient (Wildman–Crippen LogP) is 3.23. The zero-order valence-electron chi connectivity index (χ0n) is 12.7. The Kier molecular flexibility index (Phi) is 4.08. The van der Waals surface area contributed by atoms with Gasteiger partial charge < -0.3 is 10.2 Å². The zero-order valence-corrected chi connectivity index (χ0v) is 12.7. The van der Waals surface area contributed by atoms with Gasteiger partial charge in [-0.2, -0.15) is 0 Å². The Morgan fingerprint density at radius 2 is 1.80 bits per heavy atom. The minimum Gasteiger partial charge on any atom is -0.370 e. The van der Waals surface area contributed by atoms with E-state index in [-0.39, 0.29) is 0 Å². The van der Waals surface area contributed by atoms with Crippen LogP contribution in [0.4, 0.5) is 11.6 Å². The molecule has 0 atom stereocenters. The van der Waals surface area contributed by atoms with Gasteiger partial charge in [0.15, 0.2) is 0 Å². The van der Waals surface area contributed by atoms with Gasteiger partial charge in [-0.05, 0) is 50.9 Å². The number of aryl methyl sites for hydroxylation is 1. The van der Waals surface area contributed by atoms with Gasteiger partial charge in [-0.15, -0.1) is 0 Å². The molecule has 0 saturated heterocycles. The van der Waals surface area contributed by atoms with Gasteiger partial charge in [-0.3, -0.25) is 0 Å². The van der Waals surface area contributed by atoms with Crippen LogP contribution in [0.15, 0.2) is 6.07 Å². The molecule has 110 valence electrons. The first-order valence-electron chi connectivity index (χ1n) is 8.09. The first-order chi connectivity index (χ1) is 9.74. The summed E-state index contributed by atoms with van der Waals surface area (Å²) in [6.45, 7) is 7.50. The second-order valence-electron chi connectivity index (χ2n) is 6.38. The quantitative estimate of drug-likeness (QED) is 0.790. The maximum atomic E-state index is 4.68. The Labute approximate surface area is 122 Å². The monoisotopic (exact) mass is 274 g/mol. The first kappa shape index (κ1) is 13.7. The smallest absolute Gasteiger partial charge is 0.134 e. The highest BCUT2D eigenvalue weighted by atomic mass is 15.2. The van der Waals surface area contributed by atoms with Crippen LogP contribution in [-0.4, -0.2) is 29.6 Å². The highest BCUT2D eigenvalue weighted by molar-refractivity contribution is 5.49. The second-order valence-corrected chi connectivity index (χ2v) is 6.38. The topological polar surface area (TPSA) is 41.0 Å². The molecule has 1 aromatic heterocycles. The molecule has 2 aliphatic rings. The van der Waals surface area contributed by atoms with E-state index in [1.807, 2.05) is 6.92 Å². The molecule has 1 aromatic rings. The number of anilines is 2. The van der Waals surface area contributed by atoms with Crippen molar-refractivity contribution in [3.8, 4) is 0 Å². The molecule has 0 bridgehead atoms. The Hall–Kier alpha value is -1.32. The third-order valence-corrected chi connectivity index (χ3v) is 4.06. The fourth-order valence-electron chi connectivity index (χ4n) is 2.54. The van der Waals surface area contributed by atoms with Crippen molar-refractivity contribution >= 4 is 11.6 Å². The van der Waals surface area contributed by atoms with E-state index < -0.39 is 0 Å². The SMILES string of the molecule is CCCNc1cc(N(CC2CC2)CC2CC2)nc(C)n1. The Morgan fingerprint density at radius 1 is 1.15 bits per heavy atom. The molecule has 0 amide bonds. The Balaban J connectivity index is 1.74. The molecular weight excluding hydrogens is 248 g/mol. The summed E-state index contributed by atoms with van der Waals surface area (Å²) in [6, 6.07) is 2.13. The van der Waals surface area contributed by atoms with E-state index in [4.69, 9.17) is 0 Å². The van der Waals surface area contributed by atoms with Gasteiger partial charge in [0.25, 0.3) is 0 Å². The van der Waals surface area contributed by atoms with Crippen molar-refractivity contribution in [2.24, 2.45) is 11.8 Å². The van der Waals surface area contributed by atoms with Crippen LogP contribution in [0.3, 0.4) is 0 Å². The normalized spacial score (nSPS) is 18.1. The molecule has 0 spiro atoms. The molecule has 0 aliphatic heterocycles. The Bertz CT molecular complexity index is 438. The number of hydrogen-bond donors (Lipinski definition) is 1. The zero-order chi connectivity index (χ0) is 13.9. The van der Waals surface area contributed by atoms with Crippen LogP contribution in [0.5, 0.6) is 0 Å². The lowest BCUT2D eigenvalue weighted by Gasteiger charge is -2.24. The Morgan fingerprint density at radius 3 is 2.35 bits per heavy atom. The average molecular weight is 274 g/mol. The van der Waals surface area contributed by atoms with Crippen LogP contribution in [0.1, 0.15) is 44.9 Å². The van der Waals surface area contributed by atoms with Crippen molar-refractivity contribution in [3.63, 3.8) is 0 Å². The van der Waals surface area contributed by atoms with Gasteiger partial charge in [-0.25, -0.2) is 9.97 Å². The first-order valence-corrected chi connectivity index (χ1v) is 8.09. The lowest BCUT2D eigenvalue weighted by molar-refractivity contribution is 0.669. The summed E-state index contributed by atoms with van der Waals surface area (Å²) in [5.74, 6) is 4.77. The van der Waals surface area contributed by atoms with Crippen LogP contribution in [0, 0.1) is 18.8 Å². The number of nitrogens with zero attached hydrogens (tertiary/aromatic N) is 3. The van der Waals surface area contributed by atoms with E-state index in [0.717, 1.165) is 42.3 Å². The van der Waals surface area contributed by atoms with E-state index >= 15 is 0 Å². The van der Waals surface area contributed by atoms with Crippen molar-refractivity contribution in [3.05, 3.63) is 11.9 Å². The highest BCUT2D eigenvalue weighted by Crippen LogP contribution is 2.35. The molecule has 0 unspecified atom stereocenters. The van der Waals surface area contributed by atoms with E-state index in [9.17, 15) is 0 Å². The number of aromatic nitrogens is 2. The van der Waals surface area contributed by atoms with Crippen LogP contribution in [0.25, 0.3) is 0 Å². The summed E-state index contributed by atoms with van der Waals surface area (Å²) in [6.07, 6.45) is 6.70. The average Bonchev–Trinajstić information content (AvgIpc) is 3.30. The summed E-state index contributed by atoms with van der Waals surface area (Å²) < 4.78 is 0. The van der Waals surface area contributed by atoms with Gasteiger partial charge in [0, 0.05) is 25.7 Å². The third kappa shape index (κ3) is 3.84. The molecule has 1 N–H and O–H groups in total. The summed E-state index contributed by atoms with van der Waals surface area (Å²) >= 11 is 0. The predicted molar refractivity (Wildman–Crippen MR) is 83.2 cm³/mol. The minimum absolute atomic E-state index is 0.873. The van der Waals surface area contributed by atoms with Gasteiger partial charge in [-0.1, -0.05) is 6.92 Å². The summed E-state index contributed by atoms with van der Waals surface area (Å²) in [4.78, 5) is 11.7. The molecule has 0 aromatic carbocycles. The fraction of sp³-hybridized carbons (Fsp3) is 0.750. The van der Waals surface area contributed by atoms with Gasteiger partial charge in [0.1, 0.15) is 17.5 Å². The lowest BCUT2D eigenvalue weighted by Crippen LogP contribution is -2.29. The summed E-state index contributed by atoms with van der Waals surface area (Å²) in [7, 11) is 0. The lowest BCUT2D eigenvalue weighted by atomic mass is 10.3. The largest absolute Gasteiger partial charge is 0.370 e. The van der Waals surface area contributed by atoms with Crippen molar-refractivity contribution in [1.29, 1.82) is 0 Å². The van der Waals surface area contributed by atoms with Gasteiger partial charge >= 0.3 is 0 Å². The van der Waals surface area contributed by atoms with E-state index in [0.29, 0.717) is 0 Å². The van der Waals surface area contributed by atoms with E-state index in [1.165, 1.54) is 38.8 Å². The van der Waals surface area contributed by atoms with Gasteiger partial charge in [0.05, 0.1) is 0 Å². The number of rotatable bonds is 8. The molecule has 2 saturated carbocycles. The standard InChI is InChI=1S/C16H26N4/c1-3-8-17-15-9-16(19-12(2)18-15)20(10-13-4-5-13)11-14-6-7-14/h9,13-14H,3-8,10-11H2,1-2H3,(H,17,18,19). The molecule has 1 heterocycles. The maximum Gasteiger partial charge on any atom is 0.134 e. The molecule has 0 radical (unpaired) electrons. The third-order valence-electron chi connectivity index (χ3n) is 4.06. The second kappa shape index (κ2) is 5.98. The molecule has 2 fully saturated rings. The van der Waals surface area contributed by atoms with Crippen molar-refractivity contribution in [1.82, 2.24) is 9.97 Å². The van der Waals surface area contributed by atoms with Gasteiger partial charge in [0.2, 0.25) is 0 Å². The highest BCUT2D eigenvalue weighted by Gasteiger charge is 2.30. The minimum atomic E-state index is 0.873. The van der Waals surface area contributed by atoms with Crippen LogP contribution >= 0.6 is 0 Å². The van der Waals surface area contributed by atoms with Crippen molar-refractivity contribution in [2.45, 2.75) is 46.0 Å². The van der Waals surface area contributed by atoms with Crippen LogP contribution in [-0.2, 0) is 0 Å². The fourth-order valence-corrected chi connectivity index (χ4v) is 2.54. The molecule has 2 aliphatic carbocycles. The summed E-state index contributed by atoms with van der Waals surface area (Å²) in [5, 5.41) is 3.39. The molecule has 4 nitrogen and oxygen atoms in total. The van der Waals surface area contributed by atoms with E-state index in [1.54, 1.807) is 0 Å². The van der Waals surface area contributed by atoms with Crippen LogP contribution < -0.4 is 10.2 Å². The van der Waals surface area contributed by atoms with Crippen molar-refractivity contribution < 1.29 is 0 Å². The molecule has 4 heteroatoms. The molecule has 3 rings (SSSR count). The molecular formula is C16H26N4. The van der Waals surface area contributed by atoms with Crippen molar-refractivity contribution in [2.75, 3.05) is 29.9 Å². The molecule has 20 heavy (non-hydrogen) atoms. The maximum absolute atomic E-state index is 4.68. The van der Waals surface area contributed by atoms with E-state index in [2.05, 4.69) is 33.2 Å². The number of hydrogen-bond acceptors (Lipinski definition) is 4. The number of nitrogens with one attached hydrogen (secondary N) is 1. The summed E-state index contributed by atoms with van der Waals surface area (Å²) in [5.41, 5.74) is 0. The van der Waals surface area contributed by atoms with Crippen LogP contribution in [0.2, 0.25) is 0 Å².